The fraction of sp³-hybridized carbons (Fsp3) is 0.296. The van der Waals surface area contributed by atoms with Crippen molar-refractivity contribution in [2.75, 3.05) is 13.7 Å². The number of benzene rings is 2. The highest BCUT2D eigenvalue weighted by molar-refractivity contribution is 8.18. The lowest BCUT2D eigenvalue weighted by Crippen LogP contribution is -2.37. The number of nitro benzene ring substituents is 1. The van der Waals surface area contributed by atoms with Gasteiger partial charge in [-0.3, -0.25) is 29.4 Å². The number of imide groups is 1. The van der Waals surface area contributed by atoms with Crippen molar-refractivity contribution in [3.63, 3.8) is 0 Å². The SMILES string of the molecule is C=CCc1cc(C=C2SC(=O)N(CC(=O)OC(C)(C)C)C2=O)cc(OC)c1OCc1cccc([N+](=O)[O-])c1. The Hall–Kier alpha value is -4.12. The Morgan fingerprint density at radius 3 is 2.58 bits per heavy atom. The van der Waals surface area contributed by atoms with E-state index in [-0.39, 0.29) is 17.2 Å². The van der Waals surface area contributed by atoms with Crippen LogP contribution in [0.15, 0.2) is 54.0 Å². The third-order valence-electron chi connectivity index (χ3n) is 5.12. The van der Waals surface area contributed by atoms with Gasteiger partial charge in [0.2, 0.25) is 0 Å². The van der Waals surface area contributed by atoms with Crippen molar-refractivity contribution in [3.8, 4) is 11.5 Å². The number of carbonyl (C=O) groups is 3. The van der Waals surface area contributed by atoms with Crippen molar-refractivity contribution < 1.29 is 33.5 Å². The van der Waals surface area contributed by atoms with Gasteiger partial charge in [-0.25, -0.2) is 0 Å². The monoisotopic (exact) mass is 540 g/mol. The maximum Gasteiger partial charge on any atom is 0.326 e. The summed E-state index contributed by atoms with van der Waals surface area (Å²) >= 11 is 0.728. The van der Waals surface area contributed by atoms with E-state index < -0.39 is 34.2 Å². The number of carbonyl (C=O) groups excluding carboxylic acids is 3. The fourth-order valence-electron chi connectivity index (χ4n) is 3.60. The molecular formula is C27H28N2O8S. The number of nitro groups is 1. The van der Waals surface area contributed by atoms with Crippen molar-refractivity contribution in [1.29, 1.82) is 0 Å². The molecule has 3 rings (SSSR count). The smallest absolute Gasteiger partial charge is 0.326 e. The molecule has 0 unspecified atom stereocenters. The van der Waals surface area contributed by atoms with E-state index in [1.165, 1.54) is 19.2 Å². The molecule has 2 amide bonds. The number of methoxy groups -OCH3 is 1. The molecule has 1 aliphatic rings. The van der Waals surface area contributed by atoms with Crippen LogP contribution in [0, 0.1) is 10.1 Å². The van der Waals surface area contributed by atoms with Gasteiger partial charge in [0, 0.05) is 17.7 Å². The number of allylic oxidation sites excluding steroid dienone is 1. The van der Waals surface area contributed by atoms with E-state index in [0.29, 0.717) is 34.6 Å². The average molecular weight is 541 g/mol. The van der Waals surface area contributed by atoms with Crippen molar-refractivity contribution in [2.45, 2.75) is 39.4 Å². The molecule has 0 spiro atoms. The third kappa shape index (κ3) is 7.22. The van der Waals surface area contributed by atoms with Gasteiger partial charge in [0.25, 0.3) is 16.8 Å². The molecule has 10 nitrogen and oxygen atoms in total. The maximum absolute atomic E-state index is 12.9. The number of rotatable bonds is 10. The normalized spacial score (nSPS) is 14.5. The highest BCUT2D eigenvalue weighted by Crippen LogP contribution is 2.37. The molecule has 0 saturated carbocycles. The second kappa shape index (κ2) is 12.0. The quantitative estimate of drug-likeness (QED) is 0.130. The summed E-state index contributed by atoms with van der Waals surface area (Å²) in [5, 5.41) is 10.5. The first-order chi connectivity index (χ1) is 17.9. The van der Waals surface area contributed by atoms with E-state index in [0.717, 1.165) is 16.7 Å². The van der Waals surface area contributed by atoms with Gasteiger partial charge in [-0.15, -0.1) is 6.58 Å². The van der Waals surface area contributed by atoms with Crippen LogP contribution in [0.1, 0.15) is 37.5 Å². The summed E-state index contributed by atoms with van der Waals surface area (Å²) in [6.07, 6.45) is 3.62. The first-order valence-corrected chi connectivity index (χ1v) is 12.4. The Morgan fingerprint density at radius 1 is 1.21 bits per heavy atom. The lowest BCUT2D eigenvalue weighted by Gasteiger charge is -2.21. The van der Waals surface area contributed by atoms with Gasteiger partial charge in [0.15, 0.2) is 11.5 Å². The molecule has 38 heavy (non-hydrogen) atoms. The second-order valence-electron chi connectivity index (χ2n) is 9.27. The predicted molar refractivity (Wildman–Crippen MR) is 143 cm³/mol. The van der Waals surface area contributed by atoms with E-state index in [1.807, 2.05) is 0 Å². The topological polar surface area (TPSA) is 125 Å². The zero-order valence-electron chi connectivity index (χ0n) is 21.5. The van der Waals surface area contributed by atoms with Gasteiger partial charge < -0.3 is 14.2 Å². The lowest BCUT2D eigenvalue weighted by molar-refractivity contribution is -0.384. The summed E-state index contributed by atoms with van der Waals surface area (Å²) < 4.78 is 16.7. The van der Waals surface area contributed by atoms with E-state index in [4.69, 9.17) is 14.2 Å². The van der Waals surface area contributed by atoms with E-state index >= 15 is 0 Å². The van der Waals surface area contributed by atoms with E-state index in [9.17, 15) is 24.5 Å². The van der Waals surface area contributed by atoms with Crippen LogP contribution in [0.5, 0.6) is 11.5 Å². The van der Waals surface area contributed by atoms with Gasteiger partial charge in [-0.05, 0) is 68.3 Å². The third-order valence-corrected chi connectivity index (χ3v) is 6.03. The lowest BCUT2D eigenvalue weighted by atomic mass is 10.0. The van der Waals surface area contributed by atoms with Gasteiger partial charge >= 0.3 is 5.97 Å². The van der Waals surface area contributed by atoms with Crippen LogP contribution in [0.4, 0.5) is 10.5 Å². The van der Waals surface area contributed by atoms with Crippen LogP contribution >= 0.6 is 11.8 Å². The first kappa shape index (κ1) is 28.5. The molecule has 2 aromatic rings. The number of thioether (sulfide) groups is 1. The largest absolute Gasteiger partial charge is 0.493 e. The molecule has 200 valence electrons. The standard InChI is InChI=1S/C27H28N2O8S/c1-6-8-19-11-18(14-22-25(31)28(26(32)38-22)15-23(30)37-27(2,3)4)13-21(35-5)24(19)36-16-17-9-7-10-20(12-17)29(33)34/h6-7,9-14H,1,8,15-16H2,2-5H3. The molecule has 1 heterocycles. The Labute approximate surface area is 224 Å². The van der Waals surface area contributed by atoms with Crippen molar-refractivity contribution in [3.05, 3.63) is 80.8 Å². The van der Waals surface area contributed by atoms with Crippen molar-refractivity contribution >= 4 is 40.6 Å². The molecular weight excluding hydrogens is 512 g/mol. The number of non-ortho nitro benzene ring substituents is 1. The van der Waals surface area contributed by atoms with Crippen LogP contribution in [0.3, 0.4) is 0 Å². The van der Waals surface area contributed by atoms with Crippen LogP contribution in [-0.4, -0.2) is 46.2 Å². The Bertz CT molecular complexity index is 1310. The zero-order chi connectivity index (χ0) is 28.0. The highest BCUT2D eigenvalue weighted by Gasteiger charge is 2.37. The fourth-order valence-corrected chi connectivity index (χ4v) is 4.43. The molecule has 0 aromatic heterocycles. The summed E-state index contributed by atoms with van der Waals surface area (Å²) in [5.41, 5.74) is 1.09. The summed E-state index contributed by atoms with van der Waals surface area (Å²) in [6, 6.07) is 9.55. The molecule has 0 atom stereocenters. The highest BCUT2D eigenvalue weighted by atomic mass is 32.2. The Morgan fingerprint density at radius 2 is 1.95 bits per heavy atom. The van der Waals surface area contributed by atoms with Crippen LogP contribution in [-0.2, 0) is 27.4 Å². The minimum Gasteiger partial charge on any atom is -0.493 e. The maximum atomic E-state index is 12.9. The van der Waals surface area contributed by atoms with E-state index in [1.54, 1.807) is 57.2 Å². The average Bonchev–Trinajstić information content (AvgIpc) is 3.09. The Balaban J connectivity index is 1.85. The number of hydrogen-bond donors (Lipinski definition) is 0. The van der Waals surface area contributed by atoms with E-state index in [2.05, 4.69) is 6.58 Å². The molecule has 0 bridgehead atoms. The molecule has 1 aliphatic heterocycles. The molecule has 0 radical (unpaired) electrons. The number of amides is 2. The Kier molecular flexibility index (Phi) is 8.95. The van der Waals surface area contributed by atoms with Gasteiger partial charge in [0.05, 0.1) is 16.9 Å². The summed E-state index contributed by atoms with van der Waals surface area (Å²) in [7, 11) is 1.46. The summed E-state index contributed by atoms with van der Waals surface area (Å²) in [4.78, 5) is 49.1. The van der Waals surface area contributed by atoms with Crippen molar-refractivity contribution in [2.24, 2.45) is 0 Å². The molecule has 0 aliphatic carbocycles. The van der Waals surface area contributed by atoms with Crippen LogP contribution in [0.2, 0.25) is 0 Å². The molecule has 1 saturated heterocycles. The van der Waals surface area contributed by atoms with Crippen LogP contribution in [0.25, 0.3) is 6.08 Å². The molecule has 0 N–H and O–H groups in total. The van der Waals surface area contributed by atoms with Gasteiger partial charge in [0.1, 0.15) is 18.8 Å². The number of esters is 1. The first-order valence-electron chi connectivity index (χ1n) is 11.6. The molecule has 11 heteroatoms. The summed E-state index contributed by atoms with van der Waals surface area (Å²) in [6.45, 7) is 8.46. The molecule has 1 fully saturated rings. The number of nitrogens with zero attached hydrogens (tertiary/aromatic N) is 2. The van der Waals surface area contributed by atoms with Crippen LogP contribution < -0.4 is 9.47 Å². The molecule has 2 aromatic carbocycles. The predicted octanol–water partition coefficient (Wildman–Crippen LogP) is 5.29. The summed E-state index contributed by atoms with van der Waals surface area (Å²) in [5.74, 6) is -0.481. The minimum atomic E-state index is -0.744. The second-order valence-corrected chi connectivity index (χ2v) is 10.3. The number of ether oxygens (including phenoxy) is 3. The van der Waals surface area contributed by atoms with Gasteiger partial charge in [-0.2, -0.15) is 0 Å². The zero-order valence-corrected chi connectivity index (χ0v) is 22.3. The number of hydrogen-bond acceptors (Lipinski definition) is 9. The van der Waals surface area contributed by atoms with Crippen molar-refractivity contribution in [1.82, 2.24) is 4.90 Å². The van der Waals surface area contributed by atoms with Gasteiger partial charge in [-0.1, -0.05) is 18.2 Å². The minimum absolute atomic E-state index is 0.0413.